The average Bonchev–Trinajstić information content (AvgIpc) is 3.19. The summed E-state index contributed by atoms with van der Waals surface area (Å²) in [6.45, 7) is 5.59. The largest absolute Gasteiger partial charge is 0.493 e. The maximum Gasteiger partial charge on any atom is 0.355 e. The summed E-state index contributed by atoms with van der Waals surface area (Å²) in [5.41, 5.74) is 0.533. The lowest BCUT2D eigenvalue weighted by Gasteiger charge is -2.14. The minimum absolute atomic E-state index is 0.0293. The number of aryl methyl sites for hydroxylation is 1. The summed E-state index contributed by atoms with van der Waals surface area (Å²) < 4.78 is 25.2. The summed E-state index contributed by atoms with van der Waals surface area (Å²) in [4.78, 5) is 20.1. The fourth-order valence-corrected chi connectivity index (χ4v) is 2.74. The zero-order valence-corrected chi connectivity index (χ0v) is 15.3. The maximum absolute atomic E-state index is 14.9. The molecule has 3 aromatic rings. The third-order valence-corrected chi connectivity index (χ3v) is 4.10. The lowest BCUT2D eigenvalue weighted by atomic mass is 10.1. The zero-order valence-electron chi connectivity index (χ0n) is 15.3. The van der Waals surface area contributed by atoms with E-state index < -0.39 is 11.8 Å². The number of nitrogens with zero attached hydrogens (tertiary/aromatic N) is 2. The number of hydrogen-bond acceptors (Lipinski definition) is 6. The molecule has 0 saturated heterocycles. The van der Waals surface area contributed by atoms with Crippen LogP contribution in [0, 0.1) is 12.7 Å². The predicted octanol–water partition coefficient (Wildman–Crippen LogP) is 4.15. The summed E-state index contributed by atoms with van der Waals surface area (Å²) in [6, 6.07) is 6.62. The van der Waals surface area contributed by atoms with E-state index in [1.165, 1.54) is 25.5 Å². The number of methoxy groups -OCH3 is 1. The van der Waals surface area contributed by atoms with Crippen LogP contribution in [0.25, 0.3) is 17.5 Å². The van der Waals surface area contributed by atoms with Gasteiger partial charge in [-0.3, -0.25) is 0 Å². The SMILES string of the molecule is C=Cc1c(NCc2ccco2)nc(-c2ccc(C)c(OC)c2F)nc1C(=O)O. The van der Waals surface area contributed by atoms with Crippen molar-refractivity contribution in [2.45, 2.75) is 13.5 Å². The molecule has 0 radical (unpaired) electrons. The normalized spacial score (nSPS) is 10.5. The highest BCUT2D eigenvalue weighted by atomic mass is 19.1. The zero-order chi connectivity index (χ0) is 20.3. The van der Waals surface area contributed by atoms with E-state index in [2.05, 4.69) is 21.9 Å². The Morgan fingerprint density at radius 2 is 2.18 bits per heavy atom. The highest BCUT2D eigenvalue weighted by Crippen LogP contribution is 2.32. The number of aromatic nitrogens is 2. The van der Waals surface area contributed by atoms with Crippen molar-refractivity contribution in [3.63, 3.8) is 0 Å². The van der Waals surface area contributed by atoms with Gasteiger partial charge in [-0.2, -0.15) is 0 Å². The molecule has 0 bridgehead atoms. The van der Waals surface area contributed by atoms with E-state index in [9.17, 15) is 14.3 Å². The number of anilines is 1. The number of ether oxygens (including phenoxy) is 1. The molecule has 3 rings (SSSR count). The van der Waals surface area contributed by atoms with Crippen LogP contribution in [0.3, 0.4) is 0 Å². The highest BCUT2D eigenvalue weighted by Gasteiger charge is 2.22. The minimum atomic E-state index is -1.28. The molecule has 0 spiro atoms. The molecule has 2 heterocycles. The van der Waals surface area contributed by atoms with E-state index in [1.807, 2.05) is 0 Å². The summed E-state index contributed by atoms with van der Waals surface area (Å²) in [5.74, 6) is -1.15. The molecule has 2 N–H and O–H groups in total. The monoisotopic (exact) mass is 383 g/mol. The molecule has 144 valence electrons. The van der Waals surface area contributed by atoms with E-state index >= 15 is 0 Å². The first kappa shape index (κ1) is 19.1. The number of carbonyl (C=O) groups is 1. The Bertz CT molecular complexity index is 1030. The first-order chi connectivity index (χ1) is 13.5. The van der Waals surface area contributed by atoms with Crippen LogP contribution < -0.4 is 10.1 Å². The number of halogens is 1. The van der Waals surface area contributed by atoms with Crippen LogP contribution in [0.2, 0.25) is 0 Å². The lowest BCUT2D eigenvalue weighted by Crippen LogP contribution is -2.12. The molecule has 2 aromatic heterocycles. The molecule has 0 amide bonds. The van der Waals surface area contributed by atoms with Gasteiger partial charge in [-0.15, -0.1) is 0 Å². The van der Waals surface area contributed by atoms with Gasteiger partial charge in [-0.1, -0.05) is 18.7 Å². The molecule has 8 heteroatoms. The second-order valence-electron chi connectivity index (χ2n) is 5.88. The van der Waals surface area contributed by atoms with E-state index in [4.69, 9.17) is 9.15 Å². The summed E-state index contributed by atoms with van der Waals surface area (Å²) in [7, 11) is 1.36. The quantitative estimate of drug-likeness (QED) is 0.632. The molecule has 0 saturated carbocycles. The highest BCUT2D eigenvalue weighted by molar-refractivity contribution is 5.93. The molecule has 0 fully saturated rings. The van der Waals surface area contributed by atoms with Crippen molar-refractivity contribution >= 4 is 17.9 Å². The number of rotatable bonds is 7. The van der Waals surface area contributed by atoms with Crippen LogP contribution in [-0.2, 0) is 6.54 Å². The Labute approximate surface area is 160 Å². The fraction of sp³-hybridized carbons (Fsp3) is 0.150. The van der Waals surface area contributed by atoms with E-state index in [1.54, 1.807) is 25.1 Å². The van der Waals surface area contributed by atoms with Crippen LogP contribution in [0.5, 0.6) is 5.75 Å². The Kier molecular flexibility index (Phi) is 5.39. The van der Waals surface area contributed by atoms with Crippen molar-refractivity contribution in [2.75, 3.05) is 12.4 Å². The molecular weight excluding hydrogens is 365 g/mol. The lowest BCUT2D eigenvalue weighted by molar-refractivity contribution is 0.0690. The summed E-state index contributed by atoms with van der Waals surface area (Å²) >= 11 is 0. The number of furan rings is 1. The van der Waals surface area contributed by atoms with E-state index in [0.29, 0.717) is 11.3 Å². The van der Waals surface area contributed by atoms with Gasteiger partial charge in [0, 0.05) is 5.56 Å². The van der Waals surface area contributed by atoms with Gasteiger partial charge in [0.2, 0.25) is 0 Å². The first-order valence-corrected chi connectivity index (χ1v) is 8.33. The topological polar surface area (TPSA) is 97.5 Å². The Morgan fingerprint density at radius 3 is 2.79 bits per heavy atom. The standard InChI is InChI=1S/C20H18FN3O4/c1-4-13-16(20(25)26)23-19(14-8-7-11(2)17(27-3)15(14)21)24-18(13)22-10-12-6-5-9-28-12/h4-9H,1,10H2,2-3H3,(H,25,26)(H,22,23,24). The molecular formula is C20H18FN3O4. The third-order valence-electron chi connectivity index (χ3n) is 4.10. The van der Waals surface area contributed by atoms with Crippen LogP contribution in [-0.4, -0.2) is 28.2 Å². The van der Waals surface area contributed by atoms with Gasteiger partial charge in [-0.05, 0) is 30.7 Å². The molecule has 0 aliphatic rings. The molecule has 0 atom stereocenters. The summed E-state index contributed by atoms with van der Waals surface area (Å²) in [6.07, 6.45) is 2.86. The third kappa shape index (κ3) is 3.57. The number of aromatic carboxylic acids is 1. The van der Waals surface area contributed by atoms with Crippen molar-refractivity contribution in [1.82, 2.24) is 9.97 Å². The Hall–Kier alpha value is -3.68. The molecule has 7 nitrogen and oxygen atoms in total. The van der Waals surface area contributed by atoms with E-state index in [-0.39, 0.29) is 40.8 Å². The smallest absolute Gasteiger partial charge is 0.355 e. The van der Waals surface area contributed by atoms with Gasteiger partial charge in [0.1, 0.15) is 11.6 Å². The van der Waals surface area contributed by atoms with E-state index in [0.717, 1.165) is 0 Å². The van der Waals surface area contributed by atoms with Crippen molar-refractivity contribution in [2.24, 2.45) is 0 Å². The fourth-order valence-electron chi connectivity index (χ4n) is 2.74. The summed E-state index contributed by atoms with van der Waals surface area (Å²) in [5, 5.41) is 12.6. The van der Waals surface area contributed by atoms with Gasteiger partial charge >= 0.3 is 5.97 Å². The Morgan fingerprint density at radius 1 is 1.39 bits per heavy atom. The van der Waals surface area contributed by atoms with Crippen LogP contribution in [0.4, 0.5) is 10.2 Å². The van der Waals surface area contributed by atoms with Crippen LogP contribution >= 0.6 is 0 Å². The van der Waals surface area contributed by atoms with Crippen LogP contribution in [0.1, 0.15) is 27.4 Å². The minimum Gasteiger partial charge on any atom is -0.493 e. The van der Waals surface area contributed by atoms with Gasteiger partial charge in [0.05, 0.1) is 25.5 Å². The molecule has 28 heavy (non-hydrogen) atoms. The molecule has 1 aromatic carbocycles. The second kappa shape index (κ2) is 7.91. The number of carboxylic acid groups (broad SMARTS) is 1. The number of hydrogen-bond donors (Lipinski definition) is 2. The Balaban J connectivity index is 2.14. The first-order valence-electron chi connectivity index (χ1n) is 8.33. The molecule has 0 aliphatic heterocycles. The molecule has 0 unspecified atom stereocenters. The number of benzene rings is 1. The number of carboxylic acids is 1. The van der Waals surface area contributed by atoms with Gasteiger partial charge < -0.3 is 19.6 Å². The molecule has 0 aliphatic carbocycles. The average molecular weight is 383 g/mol. The number of nitrogens with one attached hydrogen (secondary N) is 1. The van der Waals surface area contributed by atoms with Gasteiger partial charge in [0.25, 0.3) is 0 Å². The van der Waals surface area contributed by atoms with Crippen molar-refractivity contribution in [3.05, 3.63) is 65.5 Å². The van der Waals surface area contributed by atoms with Crippen LogP contribution in [0.15, 0.2) is 41.5 Å². The van der Waals surface area contributed by atoms with Crippen molar-refractivity contribution < 1.29 is 23.4 Å². The van der Waals surface area contributed by atoms with Gasteiger partial charge in [0.15, 0.2) is 23.1 Å². The second-order valence-corrected chi connectivity index (χ2v) is 5.88. The van der Waals surface area contributed by atoms with Gasteiger partial charge in [-0.25, -0.2) is 19.2 Å². The van der Waals surface area contributed by atoms with Crippen molar-refractivity contribution in [1.29, 1.82) is 0 Å². The van der Waals surface area contributed by atoms with Crippen molar-refractivity contribution in [3.8, 4) is 17.1 Å². The predicted molar refractivity (Wildman–Crippen MR) is 102 cm³/mol. The maximum atomic E-state index is 14.9.